The summed E-state index contributed by atoms with van der Waals surface area (Å²) in [6, 6.07) is 5.54. The molecule has 1 saturated heterocycles. The SMILES string of the molecule is Cc1c(Cl)cccc1NC(=O)N1CCC[C@@H](C)C1. The van der Waals surface area contributed by atoms with Crippen LogP contribution in [0.2, 0.25) is 5.02 Å². The zero-order valence-electron chi connectivity index (χ0n) is 10.9. The number of amides is 2. The minimum Gasteiger partial charge on any atom is -0.324 e. The van der Waals surface area contributed by atoms with Crippen LogP contribution in [-0.4, -0.2) is 24.0 Å². The van der Waals surface area contributed by atoms with E-state index in [-0.39, 0.29) is 6.03 Å². The molecule has 18 heavy (non-hydrogen) atoms. The lowest BCUT2D eigenvalue weighted by Crippen LogP contribution is -2.41. The normalized spacial score (nSPS) is 19.7. The maximum atomic E-state index is 12.1. The summed E-state index contributed by atoms with van der Waals surface area (Å²) in [5, 5.41) is 3.62. The van der Waals surface area contributed by atoms with Gasteiger partial charge in [-0.1, -0.05) is 24.6 Å². The number of carbonyl (C=O) groups excluding carboxylic acids is 1. The zero-order valence-corrected chi connectivity index (χ0v) is 11.6. The van der Waals surface area contributed by atoms with Crippen molar-refractivity contribution in [2.24, 2.45) is 5.92 Å². The molecule has 2 rings (SSSR count). The quantitative estimate of drug-likeness (QED) is 0.821. The second-order valence-corrected chi connectivity index (χ2v) is 5.44. The topological polar surface area (TPSA) is 32.3 Å². The van der Waals surface area contributed by atoms with Crippen LogP contribution in [0.4, 0.5) is 10.5 Å². The summed E-state index contributed by atoms with van der Waals surface area (Å²) in [6.45, 7) is 5.78. The number of urea groups is 1. The fourth-order valence-electron chi connectivity index (χ4n) is 2.31. The molecular formula is C14H19ClN2O. The van der Waals surface area contributed by atoms with Crippen molar-refractivity contribution in [3.05, 3.63) is 28.8 Å². The number of rotatable bonds is 1. The number of likely N-dealkylation sites (tertiary alicyclic amines) is 1. The maximum absolute atomic E-state index is 12.1. The first-order chi connectivity index (χ1) is 8.58. The molecule has 98 valence electrons. The molecule has 1 aromatic carbocycles. The van der Waals surface area contributed by atoms with Crippen LogP contribution >= 0.6 is 11.6 Å². The van der Waals surface area contributed by atoms with Gasteiger partial charge in [0.05, 0.1) is 0 Å². The van der Waals surface area contributed by atoms with Crippen molar-refractivity contribution in [2.75, 3.05) is 18.4 Å². The lowest BCUT2D eigenvalue weighted by molar-refractivity contribution is 0.182. The Morgan fingerprint density at radius 3 is 3.00 bits per heavy atom. The number of benzene rings is 1. The van der Waals surface area contributed by atoms with Crippen LogP contribution in [0.15, 0.2) is 18.2 Å². The van der Waals surface area contributed by atoms with Gasteiger partial charge in [-0.05, 0) is 43.4 Å². The van der Waals surface area contributed by atoms with Crippen LogP contribution < -0.4 is 5.32 Å². The Labute approximate surface area is 113 Å². The number of piperidine rings is 1. The Morgan fingerprint density at radius 1 is 1.50 bits per heavy atom. The molecule has 1 aliphatic rings. The van der Waals surface area contributed by atoms with E-state index in [9.17, 15) is 4.79 Å². The highest BCUT2D eigenvalue weighted by Crippen LogP contribution is 2.24. The minimum absolute atomic E-state index is 0.0214. The van der Waals surface area contributed by atoms with E-state index in [1.807, 2.05) is 30.0 Å². The molecule has 0 aliphatic carbocycles. The number of hydrogen-bond donors (Lipinski definition) is 1. The number of halogens is 1. The standard InChI is InChI=1S/C14H19ClN2O/c1-10-5-4-8-17(9-10)14(18)16-13-7-3-6-12(15)11(13)2/h3,6-7,10H,4-5,8-9H2,1-2H3,(H,16,18)/t10-/m1/s1. The van der Waals surface area contributed by atoms with Crippen LogP contribution in [0.1, 0.15) is 25.3 Å². The smallest absolute Gasteiger partial charge is 0.321 e. The fraction of sp³-hybridized carbons (Fsp3) is 0.500. The van der Waals surface area contributed by atoms with E-state index in [1.165, 1.54) is 6.42 Å². The van der Waals surface area contributed by atoms with Gasteiger partial charge in [-0.25, -0.2) is 4.79 Å². The van der Waals surface area contributed by atoms with E-state index < -0.39 is 0 Å². The largest absolute Gasteiger partial charge is 0.324 e. The van der Waals surface area contributed by atoms with Crippen LogP contribution in [-0.2, 0) is 0 Å². The van der Waals surface area contributed by atoms with Gasteiger partial charge in [-0.2, -0.15) is 0 Å². The molecule has 4 heteroatoms. The Balaban J connectivity index is 2.04. The van der Waals surface area contributed by atoms with Gasteiger partial charge < -0.3 is 10.2 Å². The number of hydrogen-bond acceptors (Lipinski definition) is 1. The highest BCUT2D eigenvalue weighted by atomic mass is 35.5. The second kappa shape index (κ2) is 5.61. The van der Waals surface area contributed by atoms with Gasteiger partial charge in [0, 0.05) is 23.8 Å². The molecule has 0 spiro atoms. The first-order valence-electron chi connectivity index (χ1n) is 6.39. The molecule has 1 aromatic rings. The molecule has 1 fully saturated rings. The Morgan fingerprint density at radius 2 is 2.28 bits per heavy atom. The van der Waals surface area contributed by atoms with E-state index in [1.54, 1.807) is 0 Å². The van der Waals surface area contributed by atoms with Gasteiger partial charge >= 0.3 is 6.03 Å². The van der Waals surface area contributed by atoms with Crippen molar-refractivity contribution in [1.82, 2.24) is 4.90 Å². The predicted molar refractivity (Wildman–Crippen MR) is 75.2 cm³/mol. The summed E-state index contributed by atoms with van der Waals surface area (Å²) < 4.78 is 0. The first-order valence-corrected chi connectivity index (χ1v) is 6.76. The van der Waals surface area contributed by atoms with Gasteiger partial charge in [0.15, 0.2) is 0 Å². The molecule has 0 unspecified atom stereocenters. The summed E-state index contributed by atoms with van der Waals surface area (Å²) in [5.41, 5.74) is 1.71. The number of nitrogens with zero attached hydrogens (tertiary/aromatic N) is 1. The highest BCUT2D eigenvalue weighted by molar-refractivity contribution is 6.31. The van der Waals surface area contributed by atoms with Gasteiger partial charge in [-0.15, -0.1) is 0 Å². The third-order valence-corrected chi connectivity index (χ3v) is 3.86. The second-order valence-electron chi connectivity index (χ2n) is 5.04. The highest BCUT2D eigenvalue weighted by Gasteiger charge is 2.21. The number of nitrogens with one attached hydrogen (secondary N) is 1. The Kier molecular flexibility index (Phi) is 4.12. The average Bonchev–Trinajstić information content (AvgIpc) is 2.35. The Bertz CT molecular complexity index is 447. The van der Waals surface area contributed by atoms with E-state index in [4.69, 9.17) is 11.6 Å². The van der Waals surface area contributed by atoms with Crippen LogP contribution in [0.25, 0.3) is 0 Å². The molecule has 1 N–H and O–H groups in total. The van der Waals surface area contributed by atoms with E-state index in [0.717, 1.165) is 30.8 Å². The van der Waals surface area contributed by atoms with Crippen molar-refractivity contribution < 1.29 is 4.79 Å². The molecule has 0 saturated carbocycles. The average molecular weight is 267 g/mol. The van der Waals surface area contributed by atoms with E-state index >= 15 is 0 Å². The third-order valence-electron chi connectivity index (χ3n) is 3.45. The molecule has 0 radical (unpaired) electrons. The summed E-state index contributed by atoms with van der Waals surface area (Å²) in [7, 11) is 0. The lowest BCUT2D eigenvalue weighted by Gasteiger charge is -2.31. The third kappa shape index (κ3) is 2.96. The van der Waals surface area contributed by atoms with Crippen molar-refractivity contribution in [2.45, 2.75) is 26.7 Å². The molecule has 1 aliphatic heterocycles. The van der Waals surface area contributed by atoms with Crippen molar-refractivity contribution in [1.29, 1.82) is 0 Å². The van der Waals surface area contributed by atoms with Crippen molar-refractivity contribution in [3.63, 3.8) is 0 Å². The maximum Gasteiger partial charge on any atom is 0.321 e. The molecule has 1 atom stereocenters. The molecule has 3 nitrogen and oxygen atoms in total. The minimum atomic E-state index is -0.0214. The molecule has 1 heterocycles. The fourth-order valence-corrected chi connectivity index (χ4v) is 2.49. The molecule has 0 aromatic heterocycles. The summed E-state index contributed by atoms with van der Waals surface area (Å²) in [5.74, 6) is 0.588. The first kappa shape index (κ1) is 13.2. The lowest BCUT2D eigenvalue weighted by atomic mass is 10.0. The van der Waals surface area contributed by atoms with E-state index in [2.05, 4.69) is 12.2 Å². The van der Waals surface area contributed by atoms with Crippen molar-refractivity contribution >= 4 is 23.3 Å². The summed E-state index contributed by atoms with van der Waals surface area (Å²) in [6.07, 6.45) is 2.29. The number of carbonyl (C=O) groups is 1. The van der Waals surface area contributed by atoms with Gasteiger partial charge in [-0.3, -0.25) is 0 Å². The van der Waals surface area contributed by atoms with Crippen LogP contribution in [0.5, 0.6) is 0 Å². The van der Waals surface area contributed by atoms with Crippen molar-refractivity contribution in [3.8, 4) is 0 Å². The summed E-state index contributed by atoms with van der Waals surface area (Å²) >= 11 is 6.04. The summed E-state index contributed by atoms with van der Waals surface area (Å²) in [4.78, 5) is 14.0. The molecule has 2 amide bonds. The Hall–Kier alpha value is -1.22. The van der Waals surface area contributed by atoms with Gasteiger partial charge in [0.2, 0.25) is 0 Å². The monoisotopic (exact) mass is 266 g/mol. The van der Waals surface area contributed by atoms with Gasteiger partial charge in [0.1, 0.15) is 0 Å². The zero-order chi connectivity index (χ0) is 13.1. The molecular weight excluding hydrogens is 248 g/mol. The van der Waals surface area contributed by atoms with E-state index in [0.29, 0.717) is 10.9 Å². The molecule has 0 bridgehead atoms. The van der Waals surface area contributed by atoms with Gasteiger partial charge in [0.25, 0.3) is 0 Å². The predicted octanol–water partition coefficient (Wildman–Crippen LogP) is 3.91. The van der Waals surface area contributed by atoms with Crippen LogP contribution in [0, 0.1) is 12.8 Å². The number of anilines is 1. The van der Waals surface area contributed by atoms with Crippen LogP contribution in [0.3, 0.4) is 0 Å².